The molecule has 12 heteroatoms. The SMILES string of the molecule is CC(n1nc(-c2cccc(OC(F)F)c2)c2ncc(C(=O)NC3(C)CS(=O)(=O)C3)cc21)C(C)(C)O. The Morgan fingerprint density at radius 3 is 2.57 bits per heavy atom. The van der Waals surface area contributed by atoms with Gasteiger partial charge in [-0.1, -0.05) is 12.1 Å². The fraction of sp³-hybridized carbons (Fsp3) is 0.435. The lowest BCUT2D eigenvalue weighted by Crippen LogP contribution is -2.63. The highest BCUT2D eigenvalue weighted by Gasteiger charge is 2.45. The number of fused-ring (bicyclic) bond motifs is 1. The van der Waals surface area contributed by atoms with Crippen LogP contribution in [0.1, 0.15) is 44.1 Å². The fourth-order valence-electron chi connectivity index (χ4n) is 4.10. The maximum Gasteiger partial charge on any atom is 0.387 e. The van der Waals surface area contributed by atoms with Crippen LogP contribution in [0.2, 0.25) is 0 Å². The Balaban J connectivity index is 1.78. The number of hydrogen-bond acceptors (Lipinski definition) is 7. The van der Waals surface area contributed by atoms with Gasteiger partial charge in [0.05, 0.1) is 39.8 Å². The molecule has 0 spiro atoms. The summed E-state index contributed by atoms with van der Waals surface area (Å²) in [4.78, 5) is 17.3. The van der Waals surface area contributed by atoms with E-state index < -0.39 is 39.5 Å². The molecular formula is C23H26F2N4O5S. The second-order valence-electron chi connectivity index (χ2n) is 9.67. The average Bonchev–Trinajstić information content (AvgIpc) is 3.09. The third-order valence-electron chi connectivity index (χ3n) is 6.02. The molecule has 1 atom stereocenters. The van der Waals surface area contributed by atoms with E-state index in [0.29, 0.717) is 22.3 Å². The highest BCUT2D eigenvalue weighted by molar-refractivity contribution is 7.93. The number of carbonyl (C=O) groups is 1. The van der Waals surface area contributed by atoms with Crippen molar-refractivity contribution < 1.29 is 31.8 Å². The molecule has 2 aromatic heterocycles. The first-order valence-electron chi connectivity index (χ1n) is 10.9. The second-order valence-corrected chi connectivity index (χ2v) is 11.7. The summed E-state index contributed by atoms with van der Waals surface area (Å²) in [6, 6.07) is 7.03. The number of pyridine rings is 1. The monoisotopic (exact) mass is 508 g/mol. The number of aromatic nitrogens is 3. The molecule has 9 nitrogen and oxygen atoms in total. The van der Waals surface area contributed by atoms with Gasteiger partial charge in [0.15, 0.2) is 9.84 Å². The molecule has 1 aliphatic rings. The molecule has 0 radical (unpaired) electrons. The average molecular weight is 509 g/mol. The predicted octanol–water partition coefficient (Wildman–Crippen LogP) is 2.95. The molecule has 1 aromatic carbocycles. The number of sulfone groups is 1. The number of ether oxygens (including phenoxy) is 1. The van der Waals surface area contributed by atoms with Crippen LogP contribution in [0.15, 0.2) is 36.5 Å². The molecule has 3 aromatic rings. The number of benzene rings is 1. The molecule has 1 saturated heterocycles. The van der Waals surface area contributed by atoms with Gasteiger partial charge in [-0.25, -0.2) is 8.42 Å². The molecule has 0 saturated carbocycles. The van der Waals surface area contributed by atoms with E-state index in [2.05, 4.69) is 20.1 Å². The lowest BCUT2D eigenvalue weighted by atomic mass is 10.0. The largest absolute Gasteiger partial charge is 0.435 e. The number of nitrogens with zero attached hydrogens (tertiary/aromatic N) is 3. The minimum atomic E-state index is -3.15. The van der Waals surface area contributed by atoms with Crippen molar-refractivity contribution in [2.24, 2.45) is 0 Å². The van der Waals surface area contributed by atoms with Gasteiger partial charge in [0.1, 0.15) is 17.0 Å². The van der Waals surface area contributed by atoms with Crippen LogP contribution in [0.5, 0.6) is 5.75 Å². The summed E-state index contributed by atoms with van der Waals surface area (Å²) in [5.74, 6) is -0.822. The number of halogens is 2. The van der Waals surface area contributed by atoms with Crippen LogP contribution in [0.25, 0.3) is 22.3 Å². The first kappa shape index (κ1) is 25.0. The number of carbonyl (C=O) groups excluding carboxylic acids is 1. The van der Waals surface area contributed by atoms with E-state index in [1.165, 1.54) is 23.0 Å². The van der Waals surface area contributed by atoms with Gasteiger partial charge < -0.3 is 15.2 Å². The number of hydrogen-bond donors (Lipinski definition) is 2. The molecule has 4 rings (SSSR count). The number of alkyl halides is 2. The summed E-state index contributed by atoms with van der Waals surface area (Å²) < 4.78 is 54.6. The van der Waals surface area contributed by atoms with Crippen LogP contribution >= 0.6 is 0 Å². The quantitative estimate of drug-likeness (QED) is 0.503. The molecule has 2 N–H and O–H groups in total. The topological polar surface area (TPSA) is 123 Å². The Labute approximate surface area is 201 Å². The summed E-state index contributed by atoms with van der Waals surface area (Å²) in [5, 5.41) is 18.0. The molecule has 1 fully saturated rings. The maximum atomic E-state index is 12.9. The lowest BCUT2D eigenvalue weighted by molar-refractivity contribution is -0.0498. The molecule has 35 heavy (non-hydrogen) atoms. The Kier molecular flexibility index (Phi) is 6.08. The molecule has 1 amide bonds. The predicted molar refractivity (Wildman–Crippen MR) is 125 cm³/mol. The Hall–Kier alpha value is -3.12. The van der Waals surface area contributed by atoms with Crippen molar-refractivity contribution in [2.75, 3.05) is 11.5 Å². The van der Waals surface area contributed by atoms with E-state index in [1.807, 2.05) is 0 Å². The molecule has 0 bridgehead atoms. The zero-order chi connectivity index (χ0) is 25.8. The summed E-state index contributed by atoms with van der Waals surface area (Å²) in [7, 11) is -3.15. The summed E-state index contributed by atoms with van der Waals surface area (Å²) in [5.41, 5.74) is -0.205. The van der Waals surface area contributed by atoms with Crippen LogP contribution in [-0.4, -0.2) is 63.5 Å². The molecule has 3 heterocycles. The van der Waals surface area contributed by atoms with Crippen molar-refractivity contribution >= 4 is 26.8 Å². The van der Waals surface area contributed by atoms with Crippen molar-refractivity contribution in [2.45, 2.75) is 51.5 Å². The van der Waals surface area contributed by atoms with Gasteiger partial charge >= 0.3 is 6.61 Å². The number of nitrogens with one attached hydrogen (secondary N) is 1. The fourth-order valence-corrected chi connectivity index (χ4v) is 6.10. The smallest absolute Gasteiger partial charge is 0.387 e. The van der Waals surface area contributed by atoms with Crippen LogP contribution < -0.4 is 10.1 Å². The number of aliphatic hydroxyl groups is 1. The van der Waals surface area contributed by atoms with Crippen LogP contribution in [0, 0.1) is 0 Å². The van der Waals surface area contributed by atoms with Gasteiger partial charge in [0, 0.05) is 11.8 Å². The molecule has 188 valence electrons. The second kappa shape index (κ2) is 8.52. The Bertz CT molecular complexity index is 1390. The molecule has 1 unspecified atom stereocenters. The van der Waals surface area contributed by atoms with Gasteiger partial charge in [0.25, 0.3) is 5.91 Å². The van der Waals surface area contributed by atoms with E-state index in [-0.39, 0.29) is 22.8 Å². The Morgan fingerprint density at radius 1 is 1.29 bits per heavy atom. The minimum absolute atomic E-state index is 0.0459. The number of rotatable bonds is 7. The van der Waals surface area contributed by atoms with E-state index in [1.54, 1.807) is 45.9 Å². The van der Waals surface area contributed by atoms with Gasteiger partial charge in [-0.15, -0.1) is 0 Å². The van der Waals surface area contributed by atoms with Crippen LogP contribution in [0.3, 0.4) is 0 Å². The first-order chi connectivity index (χ1) is 16.2. The number of amides is 1. The zero-order valence-electron chi connectivity index (χ0n) is 19.6. The van der Waals surface area contributed by atoms with Gasteiger partial charge in [0.2, 0.25) is 0 Å². The third kappa shape index (κ3) is 5.13. The van der Waals surface area contributed by atoms with Gasteiger partial charge in [-0.05, 0) is 45.9 Å². The van der Waals surface area contributed by atoms with Crippen LogP contribution in [0.4, 0.5) is 8.78 Å². The van der Waals surface area contributed by atoms with Gasteiger partial charge in [-0.3, -0.25) is 14.5 Å². The minimum Gasteiger partial charge on any atom is -0.435 e. The van der Waals surface area contributed by atoms with Crippen molar-refractivity contribution in [1.82, 2.24) is 20.1 Å². The first-order valence-corrected chi connectivity index (χ1v) is 12.7. The molecule has 0 aliphatic carbocycles. The summed E-state index contributed by atoms with van der Waals surface area (Å²) in [6.45, 7) is 3.65. The maximum absolute atomic E-state index is 12.9. The van der Waals surface area contributed by atoms with E-state index in [0.717, 1.165) is 0 Å². The van der Waals surface area contributed by atoms with Crippen molar-refractivity contribution in [3.8, 4) is 17.0 Å². The highest BCUT2D eigenvalue weighted by Crippen LogP contribution is 2.34. The zero-order valence-corrected chi connectivity index (χ0v) is 20.4. The molecular weight excluding hydrogens is 482 g/mol. The van der Waals surface area contributed by atoms with E-state index in [4.69, 9.17) is 0 Å². The Morgan fingerprint density at radius 2 is 1.97 bits per heavy atom. The van der Waals surface area contributed by atoms with Crippen molar-refractivity contribution in [1.29, 1.82) is 0 Å². The van der Waals surface area contributed by atoms with Crippen molar-refractivity contribution in [3.63, 3.8) is 0 Å². The standard InChI is InChI=1S/C23H26F2N4O5S/c1-13(22(2,3)31)29-17-9-15(20(30)27-23(4)11-35(32,33)12-23)10-26-19(17)18(28-29)14-6-5-7-16(8-14)34-21(24)25/h5-10,13,21,31H,11-12H2,1-4H3,(H,27,30). The van der Waals surface area contributed by atoms with Crippen LogP contribution in [-0.2, 0) is 9.84 Å². The lowest BCUT2D eigenvalue weighted by Gasteiger charge is -2.38. The normalized spacial score (nSPS) is 17.7. The summed E-state index contributed by atoms with van der Waals surface area (Å²) in [6.07, 6.45) is 1.35. The van der Waals surface area contributed by atoms with Crippen molar-refractivity contribution in [3.05, 3.63) is 42.1 Å². The highest BCUT2D eigenvalue weighted by atomic mass is 32.2. The van der Waals surface area contributed by atoms with Gasteiger partial charge in [-0.2, -0.15) is 13.9 Å². The third-order valence-corrected chi connectivity index (χ3v) is 8.18. The van der Waals surface area contributed by atoms with E-state index >= 15 is 0 Å². The summed E-state index contributed by atoms with van der Waals surface area (Å²) >= 11 is 0. The van der Waals surface area contributed by atoms with E-state index in [9.17, 15) is 27.1 Å². The molecule has 1 aliphatic heterocycles.